The Kier molecular flexibility index (Phi) is 2.68. The van der Waals surface area contributed by atoms with E-state index in [1.807, 2.05) is 30.6 Å². The quantitative estimate of drug-likeness (QED) is 0.602. The summed E-state index contributed by atoms with van der Waals surface area (Å²) >= 11 is 0. The Morgan fingerprint density at radius 3 is 2.86 bits per heavy atom. The fraction of sp³-hybridized carbons (Fsp3) is 0.143. The zero-order valence-corrected chi connectivity index (χ0v) is 12.0. The van der Waals surface area contributed by atoms with Crippen LogP contribution in [-0.4, -0.2) is 29.7 Å². The van der Waals surface area contributed by atoms with Gasteiger partial charge in [0.2, 0.25) is 0 Å². The van der Waals surface area contributed by atoms with Gasteiger partial charge in [0.1, 0.15) is 11.4 Å². The Hall–Kier alpha value is -3.16. The lowest BCUT2D eigenvalue weighted by Crippen LogP contribution is -1.99. The lowest BCUT2D eigenvalue weighted by molar-refractivity contribution is 0.393. The second-order valence-electron chi connectivity index (χ2n) is 4.92. The number of nitrogens with one attached hydrogen (secondary N) is 2. The average Bonchev–Trinajstić information content (AvgIpc) is 3.23. The molecular formula is C14H13N7O. The molecule has 0 saturated carbocycles. The van der Waals surface area contributed by atoms with Crippen LogP contribution in [0.3, 0.4) is 0 Å². The van der Waals surface area contributed by atoms with Gasteiger partial charge in [-0.3, -0.25) is 9.50 Å². The number of rotatable bonds is 3. The second-order valence-corrected chi connectivity index (χ2v) is 4.92. The van der Waals surface area contributed by atoms with E-state index in [9.17, 15) is 0 Å². The van der Waals surface area contributed by atoms with Crippen LogP contribution in [0.2, 0.25) is 0 Å². The van der Waals surface area contributed by atoms with Crippen LogP contribution >= 0.6 is 0 Å². The van der Waals surface area contributed by atoms with Gasteiger partial charge in [0, 0.05) is 24.2 Å². The predicted octanol–water partition coefficient (Wildman–Crippen LogP) is 2.47. The highest BCUT2D eigenvalue weighted by molar-refractivity contribution is 5.74. The number of aromatic nitrogens is 6. The van der Waals surface area contributed by atoms with E-state index in [1.54, 1.807) is 18.6 Å². The molecule has 8 nitrogen and oxygen atoms in total. The van der Waals surface area contributed by atoms with Gasteiger partial charge in [-0.05, 0) is 13.8 Å². The second kappa shape index (κ2) is 4.69. The van der Waals surface area contributed by atoms with Crippen molar-refractivity contribution in [3.05, 3.63) is 42.4 Å². The van der Waals surface area contributed by atoms with Gasteiger partial charge >= 0.3 is 0 Å². The van der Waals surface area contributed by atoms with Crippen molar-refractivity contribution in [3.8, 4) is 11.3 Å². The third-order valence-electron chi connectivity index (χ3n) is 3.50. The molecular weight excluding hydrogens is 282 g/mol. The average molecular weight is 295 g/mol. The van der Waals surface area contributed by atoms with E-state index < -0.39 is 0 Å². The van der Waals surface area contributed by atoms with Gasteiger partial charge in [-0.1, -0.05) is 5.16 Å². The highest BCUT2D eigenvalue weighted by Crippen LogP contribution is 2.27. The lowest BCUT2D eigenvalue weighted by Gasteiger charge is -2.06. The first-order valence-corrected chi connectivity index (χ1v) is 6.75. The molecule has 4 aromatic rings. The number of nitrogens with zero attached hydrogens (tertiary/aromatic N) is 5. The maximum Gasteiger partial charge on any atom is 0.180 e. The van der Waals surface area contributed by atoms with Gasteiger partial charge in [-0.15, -0.1) is 0 Å². The van der Waals surface area contributed by atoms with Crippen molar-refractivity contribution in [3.63, 3.8) is 0 Å². The number of hydrogen-bond donors (Lipinski definition) is 2. The van der Waals surface area contributed by atoms with Crippen LogP contribution in [-0.2, 0) is 0 Å². The van der Waals surface area contributed by atoms with E-state index in [1.165, 1.54) is 0 Å². The van der Waals surface area contributed by atoms with Crippen LogP contribution < -0.4 is 5.32 Å². The molecule has 2 N–H and O–H groups in total. The maximum atomic E-state index is 5.16. The summed E-state index contributed by atoms with van der Waals surface area (Å²) < 4.78 is 7.12. The van der Waals surface area contributed by atoms with Crippen LogP contribution in [0.5, 0.6) is 0 Å². The summed E-state index contributed by atoms with van der Waals surface area (Å²) in [5, 5.41) is 14.0. The molecule has 0 aliphatic heterocycles. The molecule has 8 heteroatoms. The predicted molar refractivity (Wildman–Crippen MR) is 79.8 cm³/mol. The van der Waals surface area contributed by atoms with Crippen molar-refractivity contribution >= 4 is 17.2 Å². The summed E-state index contributed by atoms with van der Waals surface area (Å²) in [6.45, 7) is 3.73. The monoisotopic (exact) mass is 295 g/mol. The molecule has 0 aliphatic carbocycles. The molecule has 0 saturated heterocycles. The topological polar surface area (TPSA) is 96.9 Å². The SMILES string of the molecule is Cc1noc(C)c1Nc1nccn2c(-c3cn[nH]c3)cnc12. The lowest BCUT2D eigenvalue weighted by atomic mass is 10.3. The van der Waals surface area contributed by atoms with Crippen molar-refractivity contribution in [1.29, 1.82) is 0 Å². The van der Waals surface area contributed by atoms with Gasteiger partial charge in [0.05, 0.1) is 18.1 Å². The smallest absolute Gasteiger partial charge is 0.180 e. The molecule has 0 aromatic carbocycles. The normalized spacial score (nSPS) is 11.2. The van der Waals surface area contributed by atoms with Crippen molar-refractivity contribution in [2.75, 3.05) is 5.32 Å². The molecule has 0 amide bonds. The zero-order valence-electron chi connectivity index (χ0n) is 12.0. The fourth-order valence-electron chi connectivity index (χ4n) is 2.39. The summed E-state index contributed by atoms with van der Waals surface area (Å²) in [7, 11) is 0. The van der Waals surface area contributed by atoms with Crippen molar-refractivity contribution in [1.82, 2.24) is 29.7 Å². The highest BCUT2D eigenvalue weighted by Gasteiger charge is 2.14. The Morgan fingerprint density at radius 1 is 1.23 bits per heavy atom. The maximum absolute atomic E-state index is 5.16. The van der Waals surface area contributed by atoms with Crippen LogP contribution in [0, 0.1) is 13.8 Å². The molecule has 0 fully saturated rings. The molecule has 0 atom stereocenters. The van der Waals surface area contributed by atoms with E-state index in [2.05, 4.69) is 30.6 Å². The third-order valence-corrected chi connectivity index (χ3v) is 3.50. The molecule has 0 spiro atoms. The first kappa shape index (κ1) is 12.6. The first-order chi connectivity index (χ1) is 10.7. The van der Waals surface area contributed by atoms with Gasteiger partial charge in [0.25, 0.3) is 0 Å². The summed E-state index contributed by atoms with van der Waals surface area (Å²) in [5.41, 5.74) is 4.21. The first-order valence-electron chi connectivity index (χ1n) is 6.75. The Morgan fingerprint density at radius 2 is 2.14 bits per heavy atom. The van der Waals surface area contributed by atoms with E-state index in [-0.39, 0.29) is 0 Å². The number of fused-ring (bicyclic) bond motifs is 1. The summed E-state index contributed by atoms with van der Waals surface area (Å²) in [4.78, 5) is 8.83. The van der Waals surface area contributed by atoms with Crippen LogP contribution in [0.15, 0.2) is 35.5 Å². The molecule has 0 aliphatic rings. The number of anilines is 2. The van der Waals surface area contributed by atoms with Crippen molar-refractivity contribution in [2.24, 2.45) is 0 Å². The Balaban J connectivity index is 1.83. The molecule has 4 heterocycles. The summed E-state index contributed by atoms with van der Waals surface area (Å²) in [5.74, 6) is 1.36. The summed E-state index contributed by atoms with van der Waals surface area (Å²) in [6, 6.07) is 0. The molecule has 0 bridgehead atoms. The highest BCUT2D eigenvalue weighted by atomic mass is 16.5. The van der Waals surface area contributed by atoms with E-state index in [4.69, 9.17) is 4.52 Å². The van der Waals surface area contributed by atoms with E-state index >= 15 is 0 Å². The zero-order chi connectivity index (χ0) is 15.1. The fourth-order valence-corrected chi connectivity index (χ4v) is 2.39. The van der Waals surface area contributed by atoms with Crippen LogP contribution in [0.4, 0.5) is 11.5 Å². The Bertz CT molecular complexity index is 916. The number of aromatic amines is 1. The molecule has 4 rings (SSSR count). The number of H-pyrrole nitrogens is 1. The summed E-state index contributed by atoms with van der Waals surface area (Å²) in [6.07, 6.45) is 8.96. The van der Waals surface area contributed by atoms with Crippen molar-refractivity contribution in [2.45, 2.75) is 13.8 Å². The Labute approximate surface area is 125 Å². The third kappa shape index (κ3) is 1.85. The van der Waals surface area contributed by atoms with Crippen LogP contribution in [0.1, 0.15) is 11.5 Å². The number of aryl methyl sites for hydroxylation is 2. The molecule has 110 valence electrons. The van der Waals surface area contributed by atoms with E-state index in [0.717, 1.165) is 28.3 Å². The van der Waals surface area contributed by atoms with Gasteiger partial charge in [-0.2, -0.15) is 5.10 Å². The molecule has 4 aromatic heterocycles. The van der Waals surface area contributed by atoms with Crippen molar-refractivity contribution < 1.29 is 4.52 Å². The van der Waals surface area contributed by atoms with Gasteiger partial charge < -0.3 is 9.84 Å². The number of imidazole rings is 1. The minimum atomic E-state index is 0.645. The van der Waals surface area contributed by atoms with Gasteiger partial charge in [0.15, 0.2) is 17.2 Å². The largest absolute Gasteiger partial charge is 0.359 e. The minimum Gasteiger partial charge on any atom is -0.359 e. The minimum absolute atomic E-state index is 0.645. The van der Waals surface area contributed by atoms with E-state index in [0.29, 0.717) is 11.6 Å². The number of hydrogen-bond acceptors (Lipinski definition) is 6. The molecule has 22 heavy (non-hydrogen) atoms. The molecule has 0 unspecified atom stereocenters. The standard InChI is InChI=1S/C14H13N7O/c1-8-12(9(2)22-20-8)19-13-14-16-7-11(10-5-17-18-6-10)21(14)4-3-15-13/h3-7H,1-2H3,(H,15,19)(H,17,18). The van der Waals surface area contributed by atoms with Gasteiger partial charge in [-0.25, -0.2) is 9.97 Å². The molecule has 0 radical (unpaired) electrons. The van der Waals surface area contributed by atoms with Crippen LogP contribution in [0.25, 0.3) is 16.9 Å².